The van der Waals surface area contributed by atoms with Crippen LogP contribution in [-0.4, -0.2) is 23.9 Å². The first-order valence-electron chi connectivity index (χ1n) is 5.60. The van der Waals surface area contributed by atoms with E-state index in [0.717, 1.165) is 37.9 Å². The zero-order valence-corrected chi connectivity index (χ0v) is 10.2. The second kappa shape index (κ2) is 4.35. The van der Waals surface area contributed by atoms with E-state index in [1.807, 2.05) is 10.3 Å². The van der Waals surface area contributed by atoms with Crippen LogP contribution >= 0.6 is 11.3 Å². The van der Waals surface area contributed by atoms with E-state index in [0.29, 0.717) is 0 Å². The van der Waals surface area contributed by atoms with E-state index in [1.165, 1.54) is 10.4 Å². The Labute approximate surface area is 94.9 Å². The molecule has 1 aromatic heterocycles. The van der Waals surface area contributed by atoms with Crippen molar-refractivity contribution in [2.45, 2.75) is 33.1 Å². The van der Waals surface area contributed by atoms with Crippen LogP contribution in [-0.2, 0) is 6.42 Å². The fraction of sp³-hybridized carbons (Fsp3) is 0.583. The van der Waals surface area contributed by atoms with Gasteiger partial charge >= 0.3 is 0 Å². The second-order valence-corrected chi connectivity index (χ2v) is 5.12. The van der Waals surface area contributed by atoms with Crippen LogP contribution in [0.25, 0.3) is 0 Å². The van der Waals surface area contributed by atoms with Gasteiger partial charge in [-0.15, -0.1) is 11.3 Å². The second-order valence-electron chi connectivity index (χ2n) is 4.04. The molecule has 0 radical (unpaired) electrons. The van der Waals surface area contributed by atoms with E-state index in [-0.39, 0.29) is 5.91 Å². The quantitative estimate of drug-likeness (QED) is 0.755. The highest BCUT2D eigenvalue weighted by Gasteiger charge is 2.22. The van der Waals surface area contributed by atoms with Gasteiger partial charge < -0.3 is 4.90 Å². The molecule has 15 heavy (non-hydrogen) atoms. The molecule has 0 spiro atoms. The van der Waals surface area contributed by atoms with Gasteiger partial charge in [0.1, 0.15) is 0 Å². The van der Waals surface area contributed by atoms with E-state index >= 15 is 0 Å². The minimum absolute atomic E-state index is 0.244. The van der Waals surface area contributed by atoms with E-state index < -0.39 is 0 Å². The molecule has 82 valence electrons. The van der Waals surface area contributed by atoms with Crippen LogP contribution in [0.5, 0.6) is 0 Å². The zero-order valence-electron chi connectivity index (χ0n) is 9.38. The molecular formula is C12H17NOS. The number of hydrogen-bond acceptors (Lipinski definition) is 2. The molecule has 1 saturated heterocycles. The summed E-state index contributed by atoms with van der Waals surface area (Å²) >= 11 is 1.70. The number of hydrogen-bond donors (Lipinski definition) is 0. The fourth-order valence-corrected chi connectivity index (χ4v) is 3.12. The van der Waals surface area contributed by atoms with Gasteiger partial charge in [-0.3, -0.25) is 4.79 Å². The van der Waals surface area contributed by atoms with Crippen molar-refractivity contribution in [3.8, 4) is 0 Å². The lowest BCUT2D eigenvalue weighted by Crippen LogP contribution is -2.27. The summed E-state index contributed by atoms with van der Waals surface area (Å²) in [5, 5.41) is 2.02. The summed E-state index contributed by atoms with van der Waals surface area (Å²) in [5.74, 6) is 0.244. The number of carbonyl (C=O) groups excluding carboxylic acids is 1. The normalized spacial score (nSPS) is 16.0. The predicted octanol–water partition coefficient (Wildman–Crippen LogP) is 2.85. The summed E-state index contributed by atoms with van der Waals surface area (Å²) < 4.78 is 0. The topological polar surface area (TPSA) is 20.3 Å². The molecule has 0 aromatic carbocycles. The summed E-state index contributed by atoms with van der Waals surface area (Å²) in [5.41, 5.74) is 2.19. The minimum Gasteiger partial charge on any atom is -0.339 e. The van der Waals surface area contributed by atoms with Gasteiger partial charge in [-0.05, 0) is 31.7 Å². The minimum atomic E-state index is 0.244. The van der Waals surface area contributed by atoms with Crippen LogP contribution in [0, 0.1) is 6.92 Å². The summed E-state index contributed by atoms with van der Waals surface area (Å²) in [7, 11) is 0. The van der Waals surface area contributed by atoms with Crippen LogP contribution in [0.2, 0.25) is 0 Å². The molecule has 1 aliphatic heterocycles. The molecule has 1 aromatic rings. The Morgan fingerprint density at radius 2 is 2.13 bits per heavy atom. The van der Waals surface area contributed by atoms with Crippen molar-refractivity contribution in [1.82, 2.24) is 4.90 Å². The highest BCUT2D eigenvalue weighted by atomic mass is 32.1. The Morgan fingerprint density at radius 3 is 2.73 bits per heavy atom. The Hall–Kier alpha value is -0.830. The smallest absolute Gasteiger partial charge is 0.254 e. The predicted molar refractivity (Wildman–Crippen MR) is 63.6 cm³/mol. The third kappa shape index (κ3) is 1.93. The molecule has 0 aliphatic carbocycles. The average Bonchev–Trinajstić information content (AvgIpc) is 2.85. The molecule has 2 nitrogen and oxygen atoms in total. The van der Waals surface area contributed by atoms with E-state index in [9.17, 15) is 4.79 Å². The lowest BCUT2D eigenvalue weighted by molar-refractivity contribution is 0.0792. The molecule has 1 fully saturated rings. The van der Waals surface area contributed by atoms with Crippen LogP contribution < -0.4 is 0 Å². The number of likely N-dealkylation sites (tertiary alicyclic amines) is 1. The maximum absolute atomic E-state index is 12.2. The van der Waals surface area contributed by atoms with Crippen LogP contribution in [0.1, 0.15) is 40.6 Å². The molecule has 0 bridgehead atoms. The van der Waals surface area contributed by atoms with E-state index in [1.54, 1.807) is 11.3 Å². The van der Waals surface area contributed by atoms with E-state index in [4.69, 9.17) is 0 Å². The molecule has 3 heteroatoms. The summed E-state index contributed by atoms with van der Waals surface area (Å²) in [4.78, 5) is 15.5. The standard InChI is InChI=1S/C12H17NOS/c1-3-10-9(2)15-8-11(10)12(14)13-6-4-5-7-13/h8H,3-7H2,1-2H3. The average molecular weight is 223 g/mol. The van der Waals surface area contributed by atoms with Crippen molar-refractivity contribution in [3.05, 3.63) is 21.4 Å². The van der Waals surface area contributed by atoms with Crippen molar-refractivity contribution in [2.75, 3.05) is 13.1 Å². The summed E-state index contributed by atoms with van der Waals surface area (Å²) in [6, 6.07) is 0. The Bertz CT molecular complexity index is 364. The molecule has 2 heterocycles. The molecule has 0 atom stereocenters. The van der Waals surface area contributed by atoms with Gasteiger partial charge in [0.05, 0.1) is 5.56 Å². The Morgan fingerprint density at radius 1 is 1.47 bits per heavy atom. The van der Waals surface area contributed by atoms with Gasteiger partial charge in [0.2, 0.25) is 0 Å². The number of rotatable bonds is 2. The number of thiophene rings is 1. The molecule has 0 saturated carbocycles. The van der Waals surface area contributed by atoms with Crippen molar-refractivity contribution in [1.29, 1.82) is 0 Å². The van der Waals surface area contributed by atoms with Crippen LogP contribution in [0.4, 0.5) is 0 Å². The highest BCUT2D eigenvalue weighted by Crippen LogP contribution is 2.24. The van der Waals surface area contributed by atoms with E-state index in [2.05, 4.69) is 13.8 Å². The first-order valence-corrected chi connectivity index (χ1v) is 6.48. The molecular weight excluding hydrogens is 206 g/mol. The van der Waals surface area contributed by atoms with Crippen molar-refractivity contribution in [3.63, 3.8) is 0 Å². The number of aryl methyl sites for hydroxylation is 1. The highest BCUT2D eigenvalue weighted by molar-refractivity contribution is 7.10. The molecule has 0 unspecified atom stereocenters. The number of amides is 1. The van der Waals surface area contributed by atoms with Crippen molar-refractivity contribution < 1.29 is 4.79 Å². The third-order valence-corrected chi connectivity index (χ3v) is 4.03. The van der Waals surface area contributed by atoms with Gasteiger partial charge in [-0.2, -0.15) is 0 Å². The van der Waals surface area contributed by atoms with Gasteiger partial charge in [0, 0.05) is 23.3 Å². The van der Waals surface area contributed by atoms with Gasteiger partial charge in [-0.1, -0.05) is 6.92 Å². The Balaban J connectivity index is 2.24. The Kier molecular flexibility index (Phi) is 3.10. The molecule has 1 aliphatic rings. The SMILES string of the molecule is CCc1c(C(=O)N2CCCC2)csc1C. The fourth-order valence-electron chi connectivity index (χ4n) is 2.19. The van der Waals surface area contributed by atoms with Crippen molar-refractivity contribution >= 4 is 17.2 Å². The first kappa shape index (κ1) is 10.7. The number of nitrogens with zero attached hydrogens (tertiary/aromatic N) is 1. The third-order valence-electron chi connectivity index (χ3n) is 3.08. The molecule has 0 N–H and O–H groups in total. The lowest BCUT2D eigenvalue weighted by atomic mass is 10.1. The van der Waals surface area contributed by atoms with Gasteiger partial charge in [-0.25, -0.2) is 0 Å². The summed E-state index contributed by atoms with van der Waals surface area (Å²) in [6.45, 7) is 6.10. The monoisotopic (exact) mass is 223 g/mol. The van der Waals surface area contributed by atoms with Crippen molar-refractivity contribution in [2.24, 2.45) is 0 Å². The van der Waals surface area contributed by atoms with Crippen LogP contribution in [0.3, 0.4) is 0 Å². The van der Waals surface area contributed by atoms with Gasteiger partial charge in [0.25, 0.3) is 5.91 Å². The van der Waals surface area contributed by atoms with Gasteiger partial charge in [0.15, 0.2) is 0 Å². The first-order chi connectivity index (χ1) is 7.24. The number of carbonyl (C=O) groups is 1. The molecule has 1 amide bonds. The maximum atomic E-state index is 12.2. The van der Waals surface area contributed by atoms with Crippen LogP contribution in [0.15, 0.2) is 5.38 Å². The largest absolute Gasteiger partial charge is 0.339 e. The maximum Gasteiger partial charge on any atom is 0.254 e. The zero-order chi connectivity index (χ0) is 10.8. The summed E-state index contributed by atoms with van der Waals surface area (Å²) in [6.07, 6.45) is 3.29. The molecule has 2 rings (SSSR count). The lowest BCUT2D eigenvalue weighted by Gasteiger charge is -2.15.